The van der Waals surface area contributed by atoms with Crippen molar-refractivity contribution in [1.29, 1.82) is 0 Å². The van der Waals surface area contributed by atoms with Gasteiger partial charge in [0.25, 0.3) is 0 Å². The lowest BCUT2D eigenvalue weighted by atomic mass is 9.98. The van der Waals surface area contributed by atoms with E-state index in [4.69, 9.17) is 0 Å². The summed E-state index contributed by atoms with van der Waals surface area (Å²) in [4.78, 5) is 0. The van der Waals surface area contributed by atoms with Gasteiger partial charge < -0.3 is 5.32 Å². The molecule has 2 atom stereocenters. The van der Waals surface area contributed by atoms with Gasteiger partial charge in [-0.25, -0.2) is 13.2 Å². The fourth-order valence-corrected chi connectivity index (χ4v) is 2.82. The number of hydrogen-bond donors (Lipinski definition) is 1. The molecule has 4 heteroatoms. The predicted octanol–water partition coefficient (Wildman–Crippen LogP) is 4.87. The molecule has 2 rings (SSSR count). The minimum absolute atomic E-state index is 0.0750. The molecule has 1 N–H and O–H groups in total. The maximum absolute atomic E-state index is 13.6. The molecule has 1 fully saturated rings. The lowest BCUT2D eigenvalue weighted by Gasteiger charge is -2.19. The molecule has 1 aliphatic rings. The van der Waals surface area contributed by atoms with Crippen LogP contribution in [0.5, 0.6) is 0 Å². The van der Waals surface area contributed by atoms with E-state index < -0.39 is 17.5 Å². The number of hydrogen-bond acceptors (Lipinski definition) is 1. The van der Waals surface area contributed by atoms with Gasteiger partial charge in [0, 0.05) is 18.2 Å². The molecule has 106 valence electrons. The van der Waals surface area contributed by atoms with Crippen LogP contribution in [0.2, 0.25) is 0 Å². The Morgan fingerprint density at radius 2 is 1.74 bits per heavy atom. The first-order valence-electron chi connectivity index (χ1n) is 7.01. The average molecular weight is 271 g/mol. The van der Waals surface area contributed by atoms with Crippen LogP contribution in [0.4, 0.5) is 18.9 Å². The van der Waals surface area contributed by atoms with Crippen LogP contribution in [0.3, 0.4) is 0 Å². The fourth-order valence-electron chi connectivity index (χ4n) is 2.82. The first-order valence-corrected chi connectivity index (χ1v) is 7.01. The van der Waals surface area contributed by atoms with Crippen LogP contribution in [0.15, 0.2) is 12.1 Å². The van der Waals surface area contributed by atoms with Crippen LogP contribution in [-0.4, -0.2) is 6.04 Å². The molecule has 0 amide bonds. The van der Waals surface area contributed by atoms with E-state index in [1.807, 2.05) is 0 Å². The molecule has 0 bridgehead atoms. The van der Waals surface area contributed by atoms with Crippen LogP contribution in [0.25, 0.3) is 0 Å². The topological polar surface area (TPSA) is 12.0 Å². The summed E-state index contributed by atoms with van der Waals surface area (Å²) >= 11 is 0. The smallest absolute Gasteiger partial charge is 0.152 e. The van der Waals surface area contributed by atoms with E-state index in [-0.39, 0.29) is 11.7 Å². The van der Waals surface area contributed by atoms with E-state index in [0.29, 0.717) is 0 Å². The molecule has 2 unspecified atom stereocenters. The molecule has 0 radical (unpaired) electrons. The van der Waals surface area contributed by atoms with E-state index in [1.54, 1.807) is 0 Å². The second-order valence-corrected chi connectivity index (χ2v) is 5.37. The highest BCUT2D eigenvalue weighted by Crippen LogP contribution is 2.29. The van der Waals surface area contributed by atoms with Crippen molar-refractivity contribution in [2.75, 3.05) is 5.32 Å². The van der Waals surface area contributed by atoms with Crippen molar-refractivity contribution in [3.05, 3.63) is 29.6 Å². The zero-order valence-electron chi connectivity index (χ0n) is 11.2. The molecule has 0 heterocycles. The summed E-state index contributed by atoms with van der Waals surface area (Å²) in [5.41, 5.74) is -0.193. The Kier molecular flexibility index (Phi) is 4.72. The fraction of sp³-hybridized carbons (Fsp3) is 0.600. The monoisotopic (exact) mass is 271 g/mol. The summed E-state index contributed by atoms with van der Waals surface area (Å²) in [5.74, 6) is -1.87. The molecule has 0 saturated heterocycles. The van der Waals surface area contributed by atoms with Gasteiger partial charge in [0.15, 0.2) is 11.6 Å². The standard InChI is InChI=1S/C15H20F3N/c1-2-10-4-3-5-12(7-6-10)19-15-13(17)8-11(16)9-14(15)18/h8-10,12,19H,2-7H2,1H3. The summed E-state index contributed by atoms with van der Waals surface area (Å²) in [6.07, 6.45) is 6.32. The van der Waals surface area contributed by atoms with Crippen LogP contribution in [0, 0.1) is 23.4 Å². The van der Waals surface area contributed by atoms with Gasteiger partial charge in [0.1, 0.15) is 11.5 Å². The van der Waals surface area contributed by atoms with E-state index in [2.05, 4.69) is 12.2 Å². The lowest BCUT2D eigenvalue weighted by molar-refractivity contribution is 0.444. The Bertz CT molecular complexity index is 410. The van der Waals surface area contributed by atoms with Crippen molar-refractivity contribution in [2.24, 2.45) is 5.92 Å². The Morgan fingerprint density at radius 1 is 1.05 bits per heavy atom. The SMILES string of the molecule is CCC1CCCC(Nc2c(F)cc(F)cc2F)CC1. The number of anilines is 1. The molecule has 1 aromatic rings. The van der Waals surface area contributed by atoms with Gasteiger partial charge >= 0.3 is 0 Å². The van der Waals surface area contributed by atoms with Crippen molar-refractivity contribution >= 4 is 5.69 Å². The Morgan fingerprint density at radius 3 is 2.37 bits per heavy atom. The molecule has 0 spiro atoms. The van der Waals surface area contributed by atoms with Crippen LogP contribution in [0.1, 0.15) is 45.4 Å². The van der Waals surface area contributed by atoms with Gasteiger partial charge in [0.05, 0.1) is 0 Å². The Balaban J connectivity index is 2.05. The van der Waals surface area contributed by atoms with Gasteiger partial charge in [-0.05, 0) is 25.2 Å². The van der Waals surface area contributed by atoms with Gasteiger partial charge in [-0.15, -0.1) is 0 Å². The Labute approximate surface area is 112 Å². The number of rotatable bonds is 3. The molecule has 1 aromatic carbocycles. The summed E-state index contributed by atoms with van der Waals surface area (Å²) in [6, 6.07) is 1.51. The summed E-state index contributed by atoms with van der Waals surface area (Å²) < 4.78 is 40.0. The van der Waals surface area contributed by atoms with Crippen LogP contribution < -0.4 is 5.32 Å². The lowest BCUT2D eigenvalue weighted by Crippen LogP contribution is -2.20. The highest BCUT2D eigenvalue weighted by molar-refractivity contribution is 5.47. The van der Waals surface area contributed by atoms with Gasteiger partial charge in [-0.3, -0.25) is 0 Å². The molecule has 0 aromatic heterocycles. The van der Waals surface area contributed by atoms with Crippen molar-refractivity contribution < 1.29 is 13.2 Å². The highest BCUT2D eigenvalue weighted by Gasteiger charge is 2.20. The van der Waals surface area contributed by atoms with E-state index in [1.165, 1.54) is 6.42 Å². The van der Waals surface area contributed by atoms with Crippen LogP contribution in [-0.2, 0) is 0 Å². The zero-order valence-corrected chi connectivity index (χ0v) is 11.2. The van der Waals surface area contributed by atoms with E-state index in [9.17, 15) is 13.2 Å². The average Bonchev–Trinajstić information content (AvgIpc) is 2.58. The quantitative estimate of drug-likeness (QED) is 0.773. The molecular weight excluding hydrogens is 251 g/mol. The molecule has 1 saturated carbocycles. The minimum Gasteiger partial charge on any atom is -0.378 e. The van der Waals surface area contributed by atoms with Crippen molar-refractivity contribution in [3.63, 3.8) is 0 Å². The molecule has 1 nitrogen and oxygen atoms in total. The second kappa shape index (κ2) is 6.31. The predicted molar refractivity (Wildman–Crippen MR) is 70.6 cm³/mol. The largest absolute Gasteiger partial charge is 0.378 e. The number of benzene rings is 1. The molecule has 19 heavy (non-hydrogen) atoms. The van der Waals surface area contributed by atoms with Gasteiger partial charge in [-0.2, -0.15) is 0 Å². The first kappa shape index (κ1) is 14.2. The summed E-state index contributed by atoms with van der Waals surface area (Å²) in [6.45, 7) is 2.18. The number of nitrogens with one attached hydrogen (secondary N) is 1. The third-order valence-electron chi connectivity index (χ3n) is 4.02. The summed E-state index contributed by atoms with van der Waals surface area (Å²) in [7, 11) is 0. The first-order chi connectivity index (χ1) is 9.10. The summed E-state index contributed by atoms with van der Waals surface area (Å²) in [5, 5.41) is 2.91. The second-order valence-electron chi connectivity index (χ2n) is 5.37. The van der Waals surface area contributed by atoms with Gasteiger partial charge in [-0.1, -0.05) is 26.2 Å². The third kappa shape index (κ3) is 3.64. The zero-order chi connectivity index (χ0) is 13.8. The van der Waals surface area contributed by atoms with E-state index in [0.717, 1.165) is 50.2 Å². The van der Waals surface area contributed by atoms with Crippen molar-refractivity contribution in [1.82, 2.24) is 0 Å². The van der Waals surface area contributed by atoms with Gasteiger partial charge in [0.2, 0.25) is 0 Å². The number of halogens is 3. The third-order valence-corrected chi connectivity index (χ3v) is 4.02. The van der Waals surface area contributed by atoms with Crippen LogP contribution >= 0.6 is 0 Å². The molecule has 1 aliphatic carbocycles. The normalized spacial score (nSPS) is 24.0. The molecule has 0 aliphatic heterocycles. The van der Waals surface area contributed by atoms with Crippen molar-refractivity contribution in [3.8, 4) is 0 Å². The Hall–Kier alpha value is -1.19. The maximum atomic E-state index is 13.6. The minimum atomic E-state index is -0.882. The van der Waals surface area contributed by atoms with E-state index >= 15 is 0 Å². The highest BCUT2D eigenvalue weighted by atomic mass is 19.1. The molecular formula is C15H20F3N. The maximum Gasteiger partial charge on any atom is 0.152 e. The van der Waals surface area contributed by atoms with Crippen molar-refractivity contribution in [2.45, 2.75) is 51.5 Å².